The fourth-order valence-electron chi connectivity index (χ4n) is 4.38. The first-order valence-corrected chi connectivity index (χ1v) is 9.22. The Morgan fingerprint density at radius 2 is 1.75 bits per heavy atom. The maximum Gasteiger partial charge on any atom is -0.00138 e. The molecule has 2 aliphatic rings. The van der Waals surface area contributed by atoms with Crippen molar-refractivity contribution < 1.29 is 0 Å². The molecular weight excluding hydrogens is 288 g/mol. The van der Waals surface area contributed by atoms with E-state index >= 15 is 0 Å². The van der Waals surface area contributed by atoms with Crippen molar-refractivity contribution >= 4 is 11.1 Å². The van der Waals surface area contributed by atoms with Crippen LogP contribution in [0.2, 0.25) is 0 Å². The van der Waals surface area contributed by atoms with Gasteiger partial charge in [-0.25, -0.2) is 0 Å². The first-order chi connectivity index (χ1) is 11.6. The fourth-order valence-corrected chi connectivity index (χ4v) is 4.38. The van der Waals surface area contributed by atoms with Crippen LogP contribution in [0.25, 0.3) is 11.1 Å². The summed E-state index contributed by atoms with van der Waals surface area (Å²) in [6.45, 7) is 6.91. The summed E-state index contributed by atoms with van der Waals surface area (Å²) in [6, 6.07) is 15.9. The van der Waals surface area contributed by atoms with Gasteiger partial charge >= 0.3 is 0 Å². The van der Waals surface area contributed by atoms with Crippen LogP contribution in [0.5, 0.6) is 0 Å². The summed E-state index contributed by atoms with van der Waals surface area (Å²) in [6.07, 6.45) is 8.25. The molecule has 0 radical (unpaired) electrons. The van der Waals surface area contributed by atoms with Gasteiger partial charge in [-0.1, -0.05) is 68.5 Å². The number of rotatable bonds is 3. The molecule has 0 bridgehead atoms. The summed E-state index contributed by atoms with van der Waals surface area (Å²) >= 11 is 0. The summed E-state index contributed by atoms with van der Waals surface area (Å²) in [5.74, 6) is 1.50. The second-order valence-electron chi connectivity index (χ2n) is 7.68. The zero-order chi connectivity index (χ0) is 16.7. The molecule has 1 unspecified atom stereocenters. The Kier molecular flexibility index (Phi) is 3.92. The Morgan fingerprint density at radius 3 is 2.54 bits per heavy atom. The quantitative estimate of drug-likeness (QED) is 0.602. The first kappa shape index (κ1) is 15.4. The Hall–Kier alpha value is -2.08. The molecule has 122 valence electrons. The molecule has 0 aromatic heterocycles. The number of hydrogen-bond donors (Lipinski definition) is 0. The van der Waals surface area contributed by atoms with Gasteiger partial charge in [-0.05, 0) is 77.0 Å². The molecule has 1 atom stereocenters. The highest BCUT2D eigenvalue weighted by Crippen LogP contribution is 2.41. The van der Waals surface area contributed by atoms with Gasteiger partial charge in [0, 0.05) is 0 Å². The van der Waals surface area contributed by atoms with Crippen LogP contribution in [0.3, 0.4) is 0 Å². The summed E-state index contributed by atoms with van der Waals surface area (Å²) in [5.41, 5.74) is 10.3. The number of hydrogen-bond acceptors (Lipinski definition) is 0. The molecule has 0 heteroatoms. The van der Waals surface area contributed by atoms with E-state index in [1.54, 1.807) is 11.1 Å². The van der Waals surface area contributed by atoms with Crippen molar-refractivity contribution in [1.82, 2.24) is 0 Å². The average Bonchev–Trinajstić information content (AvgIpc) is 3.21. The Morgan fingerprint density at radius 1 is 0.958 bits per heavy atom. The largest absolute Gasteiger partial charge is 0.0622 e. The molecule has 0 N–H and O–H groups in total. The van der Waals surface area contributed by atoms with Crippen LogP contribution in [0.1, 0.15) is 60.4 Å². The Labute approximate surface area is 145 Å². The summed E-state index contributed by atoms with van der Waals surface area (Å²) in [5, 5.41) is 0. The van der Waals surface area contributed by atoms with Crippen LogP contribution in [0.15, 0.2) is 54.6 Å². The molecule has 0 aliphatic heterocycles. The van der Waals surface area contributed by atoms with Crippen molar-refractivity contribution in [2.75, 3.05) is 0 Å². The Balaban J connectivity index is 1.56. The van der Waals surface area contributed by atoms with Gasteiger partial charge in [0.2, 0.25) is 0 Å². The van der Waals surface area contributed by atoms with Gasteiger partial charge in [-0.2, -0.15) is 0 Å². The van der Waals surface area contributed by atoms with Crippen molar-refractivity contribution in [3.05, 3.63) is 82.4 Å². The molecule has 24 heavy (non-hydrogen) atoms. The lowest BCUT2D eigenvalue weighted by molar-refractivity contribution is 0.496. The molecule has 0 saturated carbocycles. The van der Waals surface area contributed by atoms with Crippen LogP contribution in [0, 0.1) is 12.8 Å². The normalized spacial score (nSPS) is 19.4. The highest BCUT2D eigenvalue weighted by atomic mass is 14.3. The predicted octanol–water partition coefficient (Wildman–Crippen LogP) is 6.55. The maximum absolute atomic E-state index is 2.46. The predicted molar refractivity (Wildman–Crippen MR) is 104 cm³/mol. The second-order valence-corrected chi connectivity index (χ2v) is 7.68. The minimum Gasteiger partial charge on any atom is -0.0622 e. The third kappa shape index (κ3) is 2.65. The molecule has 2 aliphatic carbocycles. The highest BCUT2D eigenvalue weighted by Gasteiger charge is 2.25. The van der Waals surface area contributed by atoms with Gasteiger partial charge in [-0.15, -0.1) is 0 Å². The van der Waals surface area contributed by atoms with Crippen molar-refractivity contribution in [3.63, 3.8) is 0 Å². The lowest BCUT2D eigenvalue weighted by atomic mass is 9.89. The zero-order valence-electron chi connectivity index (χ0n) is 15.0. The topological polar surface area (TPSA) is 0 Å². The molecule has 0 amide bonds. The molecule has 0 fully saturated rings. The monoisotopic (exact) mass is 314 g/mol. The fraction of sp³-hybridized carbons (Fsp3) is 0.333. The van der Waals surface area contributed by atoms with E-state index in [1.165, 1.54) is 40.7 Å². The van der Waals surface area contributed by atoms with Crippen LogP contribution in [-0.4, -0.2) is 0 Å². The number of benzene rings is 2. The number of fused-ring (bicyclic) bond motifs is 1. The smallest absolute Gasteiger partial charge is 0.00138 e. The molecule has 2 aromatic rings. The van der Waals surface area contributed by atoms with E-state index in [-0.39, 0.29) is 0 Å². The van der Waals surface area contributed by atoms with Crippen molar-refractivity contribution in [2.45, 2.75) is 46.0 Å². The molecule has 0 heterocycles. The molecule has 2 aromatic carbocycles. The van der Waals surface area contributed by atoms with Gasteiger partial charge in [0.05, 0.1) is 0 Å². The summed E-state index contributed by atoms with van der Waals surface area (Å²) in [4.78, 5) is 0. The van der Waals surface area contributed by atoms with Crippen molar-refractivity contribution in [1.29, 1.82) is 0 Å². The molecule has 0 nitrogen and oxygen atoms in total. The standard InChI is InChI=1S/C24H26/c1-16(2)22-12-11-21-15-19(10-13-24(21)22)18-8-9-20(14-18)23-7-5-4-6-17(23)3/h4-10,13,15-16,22H,11-12,14H2,1-3H3. The van der Waals surface area contributed by atoms with E-state index in [1.807, 2.05) is 0 Å². The highest BCUT2D eigenvalue weighted by molar-refractivity contribution is 5.87. The van der Waals surface area contributed by atoms with Crippen molar-refractivity contribution in [3.8, 4) is 0 Å². The van der Waals surface area contributed by atoms with Gasteiger partial charge < -0.3 is 0 Å². The summed E-state index contributed by atoms with van der Waals surface area (Å²) in [7, 11) is 0. The maximum atomic E-state index is 2.46. The SMILES string of the molecule is Cc1ccccc1C1=CC=C(c2ccc3c(c2)CCC3C(C)C)C1. The van der Waals surface area contributed by atoms with Gasteiger partial charge in [0.15, 0.2) is 0 Å². The molecular formula is C24H26. The lowest BCUT2D eigenvalue weighted by Gasteiger charge is -2.16. The van der Waals surface area contributed by atoms with E-state index < -0.39 is 0 Å². The lowest BCUT2D eigenvalue weighted by Crippen LogP contribution is -2.02. The summed E-state index contributed by atoms with van der Waals surface area (Å²) < 4.78 is 0. The van der Waals surface area contributed by atoms with E-state index in [0.29, 0.717) is 0 Å². The molecule has 0 saturated heterocycles. The second kappa shape index (κ2) is 6.09. The van der Waals surface area contributed by atoms with E-state index in [9.17, 15) is 0 Å². The van der Waals surface area contributed by atoms with Crippen LogP contribution < -0.4 is 0 Å². The zero-order valence-corrected chi connectivity index (χ0v) is 15.0. The number of allylic oxidation sites excluding steroid dienone is 4. The van der Waals surface area contributed by atoms with E-state index in [2.05, 4.69) is 75.4 Å². The van der Waals surface area contributed by atoms with Crippen LogP contribution in [-0.2, 0) is 6.42 Å². The van der Waals surface area contributed by atoms with Gasteiger partial charge in [0.1, 0.15) is 0 Å². The molecule has 4 rings (SSSR count). The Bertz CT molecular complexity index is 833. The van der Waals surface area contributed by atoms with Crippen LogP contribution >= 0.6 is 0 Å². The molecule has 0 spiro atoms. The minimum absolute atomic E-state index is 0.747. The number of aryl methyl sites for hydroxylation is 2. The minimum atomic E-state index is 0.747. The van der Waals surface area contributed by atoms with Crippen molar-refractivity contribution in [2.24, 2.45) is 5.92 Å². The van der Waals surface area contributed by atoms with E-state index in [4.69, 9.17) is 0 Å². The average molecular weight is 314 g/mol. The third-order valence-electron chi connectivity index (χ3n) is 5.80. The third-order valence-corrected chi connectivity index (χ3v) is 5.80. The van der Waals surface area contributed by atoms with Gasteiger partial charge in [0.25, 0.3) is 0 Å². The van der Waals surface area contributed by atoms with Gasteiger partial charge in [-0.3, -0.25) is 0 Å². The van der Waals surface area contributed by atoms with E-state index in [0.717, 1.165) is 18.3 Å². The van der Waals surface area contributed by atoms with Crippen LogP contribution in [0.4, 0.5) is 0 Å². The first-order valence-electron chi connectivity index (χ1n) is 9.22.